The van der Waals surface area contributed by atoms with Crippen LogP contribution in [0.3, 0.4) is 0 Å². The van der Waals surface area contributed by atoms with Crippen LogP contribution in [0.4, 0.5) is 0 Å². The van der Waals surface area contributed by atoms with Crippen molar-refractivity contribution in [1.29, 1.82) is 0 Å². The van der Waals surface area contributed by atoms with Gasteiger partial charge in [0.05, 0.1) is 0 Å². The minimum atomic E-state index is 0.506. The third kappa shape index (κ3) is 6.56. The highest BCUT2D eigenvalue weighted by molar-refractivity contribution is 7.10. The second kappa shape index (κ2) is 11.3. The first-order valence-electron chi connectivity index (χ1n) is 10.6. The number of thiophene rings is 1. The zero-order valence-corrected chi connectivity index (χ0v) is 18.8. The molecule has 0 saturated carbocycles. The van der Waals surface area contributed by atoms with Gasteiger partial charge in [0.25, 0.3) is 0 Å². The van der Waals surface area contributed by atoms with Crippen molar-refractivity contribution in [3.63, 3.8) is 0 Å². The molecule has 5 nitrogen and oxygen atoms in total. The number of nitrogens with zero attached hydrogens (tertiary/aromatic N) is 3. The van der Waals surface area contributed by atoms with Crippen LogP contribution in [0.5, 0.6) is 0 Å². The molecule has 3 rings (SSSR count). The summed E-state index contributed by atoms with van der Waals surface area (Å²) in [5.74, 6) is 1.50. The lowest BCUT2D eigenvalue weighted by molar-refractivity contribution is 0.125. The average molecular weight is 414 g/mol. The van der Waals surface area contributed by atoms with Crippen molar-refractivity contribution < 1.29 is 0 Å². The summed E-state index contributed by atoms with van der Waals surface area (Å²) in [4.78, 5) is 10.7. The molecule has 0 spiro atoms. The summed E-state index contributed by atoms with van der Waals surface area (Å²) in [6.45, 7) is 4.94. The van der Waals surface area contributed by atoms with Crippen molar-refractivity contribution in [2.24, 2.45) is 10.9 Å². The quantitative estimate of drug-likeness (QED) is 0.514. The van der Waals surface area contributed by atoms with Crippen molar-refractivity contribution in [3.05, 3.63) is 58.3 Å². The van der Waals surface area contributed by atoms with Gasteiger partial charge in [0.1, 0.15) is 0 Å². The molecule has 0 amide bonds. The van der Waals surface area contributed by atoms with E-state index in [0.29, 0.717) is 12.0 Å². The summed E-state index contributed by atoms with van der Waals surface area (Å²) in [6.07, 6.45) is 2.53. The molecule has 1 aliphatic rings. The third-order valence-corrected chi connectivity index (χ3v) is 6.62. The molecular formula is C23H35N5S. The van der Waals surface area contributed by atoms with Gasteiger partial charge in [-0.15, -0.1) is 11.3 Å². The summed E-state index contributed by atoms with van der Waals surface area (Å²) in [6, 6.07) is 15.6. The Bertz CT molecular complexity index is 731. The van der Waals surface area contributed by atoms with Crippen LogP contribution in [0.15, 0.2) is 52.8 Å². The van der Waals surface area contributed by atoms with E-state index in [2.05, 4.69) is 87.4 Å². The molecule has 0 bridgehead atoms. The molecule has 1 aliphatic heterocycles. The number of aliphatic imine (C=N–C) groups is 1. The van der Waals surface area contributed by atoms with Crippen LogP contribution in [-0.2, 0) is 6.54 Å². The van der Waals surface area contributed by atoms with Gasteiger partial charge in [0, 0.05) is 44.1 Å². The molecule has 29 heavy (non-hydrogen) atoms. The van der Waals surface area contributed by atoms with Gasteiger partial charge in [0.15, 0.2) is 5.96 Å². The first kappa shape index (κ1) is 21.8. The van der Waals surface area contributed by atoms with Gasteiger partial charge in [-0.1, -0.05) is 36.4 Å². The lowest BCUT2D eigenvalue weighted by Gasteiger charge is -2.39. The van der Waals surface area contributed by atoms with Gasteiger partial charge in [-0.25, -0.2) is 0 Å². The Morgan fingerprint density at radius 3 is 2.76 bits per heavy atom. The Kier molecular flexibility index (Phi) is 8.52. The van der Waals surface area contributed by atoms with E-state index in [-0.39, 0.29) is 0 Å². The topological polar surface area (TPSA) is 42.9 Å². The molecule has 1 saturated heterocycles. The number of guanidine groups is 1. The molecule has 2 unspecified atom stereocenters. The van der Waals surface area contributed by atoms with Gasteiger partial charge in [0.2, 0.25) is 0 Å². The number of hydrogen-bond acceptors (Lipinski definition) is 4. The predicted octanol–water partition coefficient (Wildman–Crippen LogP) is 3.43. The summed E-state index contributed by atoms with van der Waals surface area (Å²) in [5.41, 5.74) is 1.35. The van der Waals surface area contributed by atoms with E-state index in [9.17, 15) is 0 Å². The molecule has 1 fully saturated rings. The highest BCUT2D eigenvalue weighted by Gasteiger charge is 2.31. The van der Waals surface area contributed by atoms with Crippen molar-refractivity contribution in [3.8, 4) is 0 Å². The minimum Gasteiger partial charge on any atom is -0.356 e. The van der Waals surface area contributed by atoms with Crippen LogP contribution in [0, 0.1) is 5.92 Å². The zero-order chi connectivity index (χ0) is 20.5. The molecule has 2 aromatic rings. The lowest BCUT2D eigenvalue weighted by atomic mass is 9.88. The normalized spacial score (nSPS) is 20.8. The highest BCUT2D eigenvalue weighted by Crippen LogP contribution is 2.36. The van der Waals surface area contributed by atoms with E-state index in [0.717, 1.165) is 32.1 Å². The SMILES string of the molecule is CN=C(NCCN(C)Cc1ccccc1)NCC1CCCN(C)C1c1cccs1. The van der Waals surface area contributed by atoms with Crippen LogP contribution in [0.2, 0.25) is 0 Å². The fourth-order valence-electron chi connectivity index (χ4n) is 4.17. The first-order chi connectivity index (χ1) is 14.2. The second-order valence-electron chi connectivity index (χ2n) is 7.95. The van der Waals surface area contributed by atoms with Gasteiger partial charge in [-0.05, 0) is 56.4 Å². The summed E-state index contributed by atoms with van der Waals surface area (Å²) in [7, 11) is 6.27. The Morgan fingerprint density at radius 1 is 1.21 bits per heavy atom. The zero-order valence-electron chi connectivity index (χ0n) is 18.0. The second-order valence-corrected chi connectivity index (χ2v) is 8.93. The lowest BCUT2D eigenvalue weighted by Crippen LogP contribution is -2.46. The van der Waals surface area contributed by atoms with E-state index >= 15 is 0 Å². The highest BCUT2D eigenvalue weighted by atomic mass is 32.1. The number of hydrogen-bond donors (Lipinski definition) is 2. The third-order valence-electron chi connectivity index (χ3n) is 5.68. The fraction of sp³-hybridized carbons (Fsp3) is 0.522. The largest absolute Gasteiger partial charge is 0.356 e. The maximum Gasteiger partial charge on any atom is 0.191 e. The Labute approximate surface area is 179 Å². The van der Waals surface area contributed by atoms with E-state index in [1.54, 1.807) is 0 Å². The molecule has 1 aromatic heterocycles. The maximum absolute atomic E-state index is 4.43. The molecule has 1 aromatic carbocycles. The fourth-order valence-corrected chi connectivity index (χ4v) is 5.15. The van der Waals surface area contributed by atoms with Gasteiger partial charge in [-0.2, -0.15) is 0 Å². The molecule has 0 aliphatic carbocycles. The van der Waals surface area contributed by atoms with Gasteiger partial charge < -0.3 is 15.5 Å². The Hall–Kier alpha value is -1.89. The van der Waals surface area contributed by atoms with E-state index in [1.165, 1.54) is 29.8 Å². The van der Waals surface area contributed by atoms with Crippen molar-refractivity contribution in [2.45, 2.75) is 25.4 Å². The molecule has 0 radical (unpaired) electrons. The van der Waals surface area contributed by atoms with Crippen molar-refractivity contribution >= 4 is 17.3 Å². The Morgan fingerprint density at radius 2 is 2.03 bits per heavy atom. The predicted molar refractivity (Wildman–Crippen MR) is 125 cm³/mol. The van der Waals surface area contributed by atoms with Crippen LogP contribution in [-0.4, -0.2) is 63.1 Å². The van der Waals surface area contributed by atoms with Crippen molar-refractivity contribution in [2.75, 3.05) is 47.3 Å². The smallest absolute Gasteiger partial charge is 0.191 e. The maximum atomic E-state index is 4.43. The van der Waals surface area contributed by atoms with Crippen LogP contribution in [0.1, 0.15) is 29.3 Å². The summed E-state index contributed by atoms with van der Waals surface area (Å²) >= 11 is 1.87. The average Bonchev–Trinajstić information content (AvgIpc) is 3.25. The Balaban J connectivity index is 1.43. The standard InChI is InChI=1S/C23H35N5S/c1-24-23(25-13-15-27(2)18-19-9-5-4-6-10-19)26-17-20-11-7-14-28(3)22(20)21-12-8-16-29-21/h4-6,8-10,12,16,20,22H,7,11,13-15,17-18H2,1-3H3,(H2,24,25,26). The van der Waals surface area contributed by atoms with Gasteiger partial charge in [-0.3, -0.25) is 9.89 Å². The summed E-state index contributed by atoms with van der Waals surface area (Å²) in [5, 5.41) is 9.24. The van der Waals surface area contributed by atoms with E-state index in [4.69, 9.17) is 0 Å². The molecule has 2 atom stereocenters. The van der Waals surface area contributed by atoms with Crippen LogP contribution >= 0.6 is 11.3 Å². The molecule has 2 N–H and O–H groups in total. The monoisotopic (exact) mass is 413 g/mol. The molecule has 158 valence electrons. The van der Waals surface area contributed by atoms with E-state index in [1.807, 2.05) is 18.4 Å². The number of likely N-dealkylation sites (tertiary alicyclic amines) is 1. The number of nitrogens with one attached hydrogen (secondary N) is 2. The number of likely N-dealkylation sites (N-methyl/N-ethyl adjacent to an activating group) is 1. The minimum absolute atomic E-state index is 0.506. The van der Waals surface area contributed by atoms with Crippen LogP contribution < -0.4 is 10.6 Å². The number of rotatable bonds is 8. The van der Waals surface area contributed by atoms with E-state index < -0.39 is 0 Å². The first-order valence-corrected chi connectivity index (χ1v) is 11.5. The number of piperidine rings is 1. The molecule has 2 heterocycles. The number of benzene rings is 1. The van der Waals surface area contributed by atoms with Crippen LogP contribution in [0.25, 0.3) is 0 Å². The van der Waals surface area contributed by atoms with Crippen molar-refractivity contribution in [1.82, 2.24) is 20.4 Å². The molecule has 6 heteroatoms. The molecular weight excluding hydrogens is 378 g/mol. The van der Waals surface area contributed by atoms with Gasteiger partial charge >= 0.3 is 0 Å². The summed E-state index contributed by atoms with van der Waals surface area (Å²) < 4.78 is 0.